The van der Waals surface area contributed by atoms with E-state index in [1.165, 1.54) is 0 Å². The minimum Gasteiger partial charge on any atom is -0.366 e. The van der Waals surface area contributed by atoms with Crippen molar-refractivity contribution in [3.8, 4) is 11.3 Å². The van der Waals surface area contributed by atoms with Crippen molar-refractivity contribution >= 4 is 22.5 Å². The summed E-state index contributed by atoms with van der Waals surface area (Å²) in [6.07, 6.45) is 12.3. The lowest BCUT2D eigenvalue weighted by Crippen LogP contribution is -2.36. The molecule has 32 heavy (non-hydrogen) atoms. The number of anilines is 1. The molecule has 1 N–H and O–H groups in total. The first kappa shape index (κ1) is 20.9. The second-order valence-electron chi connectivity index (χ2n) is 9.20. The number of rotatable bonds is 6. The number of ketones is 1. The Kier molecular flexibility index (Phi) is 6.08. The van der Waals surface area contributed by atoms with Crippen LogP contribution >= 0.6 is 0 Å². The van der Waals surface area contributed by atoms with E-state index in [-0.39, 0.29) is 11.7 Å². The molecular weight excluding hydrogens is 400 g/mol. The highest BCUT2D eigenvalue weighted by atomic mass is 16.1. The number of carbonyl (C=O) groups is 1. The Morgan fingerprint density at radius 2 is 1.88 bits per heavy atom. The lowest BCUT2D eigenvalue weighted by molar-refractivity contribution is -0.122. The van der Waals surface area contributed by atoms with Crippen molar-refractivity contribution in [1.82, 2.24) is 24.8 Å². The quantitative estimate of drug-likeness (QED) is 0.635. The van der Waals surface area contributed by atoms with Crippen LogP contribution in [0.25, 0.3) is 22.2 Å². The van der Waals surface area contributed by atoms with Gasteiger partial charge in [-0.05, 0) is 51.9 Å². The Hall–Kier alpha value is -2.93. The average Bonchev–Trinajstić information content (AvgIpc) is 3.36. The molecule has 1 aliphatic carbocycles. The monoisotopic (exact) mass is 430 g/mol. The number of nitrogens with one attached hydrogen (secondary N) is 1. The molecule has 166 valence electrons. The molecule has 1 saturated carbocycles. The van der Waals surface area contributed by atoms with Crippen LogP contribution in [0.4, 0.5) is 5.82 Å². The van der Waals surface area contributed by atoms with Crippen LogP contribution in [0.15, 0.2) is 36.8 Å². The topological polar surface area (TPSA) is 83.9 Å². The Morgan fingerprint density at radius 3 is 2.69 bits per heavy atom. The highest BCUT2D eigenvalue weighted by molar-refractivity contribution is 5.85. The van der Waals surface area contributed by atoms with E-state index >= 15 is 0 Å². The van der Waals surface area contributed by atoms with Crippen LogP contribution in [-0.2, 0) is 11.2 Å². The molecule has 7 nitrogen and oxygen atoms in total. The predicted molar refractivity (Wildman–Crippen MR) is 125 cm³/mol. The number of hydrogen-bond acceptors (Lipinski definition) is 7. The Labute approximate surface area is 188 Å². The van der Waals surface area contributed by atoms with E-state index in [0.717, 1.165) is 79.6 Å². The number of aromatic nitrogens is 4. The number of nitrogens with zero attached hydrogens (tertiary/aromatic N) is 5. The zero-order valence-electron chi connectivity index (χ0n) is 18.6. The third kappa shape index (κ3) is 4.78. The second-order valence-corrected chi connectivity index (χ2v) is 9.20. The van der Waals surface area contributed by atoms with Gasteiger partial charge in [0.2, 0.25) is 0 Å². The summed E-state index contributed by atoms with van der Waals surface area (Å²) in [4.78, 5) is 33.2. The number of fused-ring (bicyclic) bond motifs is 1. The highest BCUT2D eigenvalue weighted by Crippen LogP contribution is 2.27. The maximum Gasteiger partial charge on any atom is 0.145 e. The molecule has 3 aromatic rings. The van der Waals surface area contributed by atoms with Crippen molar-refractivity contribution < 1.29 is 4.79 Å². The van der Waals surface area contributed by atoms with Crippen LogP contribution < -0.4 is 5.32 Å². The third-order valence-corrected chi connectivity index (χ3v) is 6.78. The molecule has 1 aromatic carbocycles. The van der Waals surface area contributed by atoms with Crippen LogP contribution in [0.5, 0.6) is 0 Å². The van der Waals surface area contributed by atoms with Crippen molar-refractivity contribution in [3.05, 3.63) is 42.6 Å². The van der Waals surface area contributed by atoms with Gasteiger partial charge in [0, 0.05) is 29.1 Å². The Bertz CT molecular complexity index is 1100. The molecule has 0 atom stereocenters. The molecule has 2 aromatic heterocycles. The van der Waals surface area contributed by atoms with E-state index in [1.54, 1.807) is 12.4 Å². The van der Waals surface area contributed by atoms with E-state index in [9.17, 15) is 4.79 Å². The van der Waals surface area contributed by atoms with Crippen molar-refractivity contribution in [2.45, 2.75) is 51.0 Å². The zero-order chi connectivity index (χ0) is 21.9. The maximum absolute atomic E-state index is 12.6. The van der Waals surface area contributed by atoms with Crippen molar-refractivity contribution in [2.24, 2.45) is 5.92 Å². The summed E-state index contributed by atoms with van der Waals surface area (Å²) < 4.78 is 0. The van der Waals surface area contributed by atoms with E-state index in [4.69, 9.17) is 9.97 Å². The summed E-state index contributed by atoms with van der Waals surface area (Å²) in [6, 6.07) is 6.48. The first-order chi connectivity index (χ1) is 15.6. The molecule has 0 unspecified atom stereocenters. The van der Waals surface area contributed by atoms with Gasteiger partial charge < -0.3 is 10.2 Å². The van der Waals surface area contributed by atoms with E-state index < -0.39 is 0 Å². The number of piperidine rings is 1. The van der Waals surface area contributed by atoms with E-state index in [1.807, 2.05) is 24.4 Å². The number of Topliss-reactive ketones (excluding diaryl/α,β-unsaturated/α-hetero) is 1. The summed E-state index contributed by atoms with van der Waals surface area (Å²) in [5.74, 6) is 1.88. The van der Waals surface area contributed by atoms with Gasteiger partial charge in [0.05, 0.1) is 30.0 Å². The predicted octanol–water partition coefficient (Wildman–Crippen LogP) is 3.89. The van der Waals surface area contributed by atoms with Crippen molar-refractivity contribution in [1.29, 1.82) is 0 Å². The summed E-state index contributed by atoms with van der Waals surface area (Å²) in [5, 5.41) is 4.50. The van der Waals surface area contributed by atoms with Crippen molar-refractivity contribution in [3.63, 3.8) is 0 Å². The summed E-state index contributed by atoms with van der Waals surface area (Å²) in [6.45, 7) is 2.20. The molecule has 5 rings (SSSR count). The smallest absolute Gasteiger partial charge is 0.145 e. The molecule has 1 saturated heterocycles. The fourth-order valence-electron chi connectivity index (χ4n) is 4.79. The lowest BCUT2D eigenvalue weighted by Gasteiger charge is -2.29. The normalized spacial score (nSPS) is 18.3. The third-order valence-electron chi connectivity index (χ3n) is 6.78. The van der Waals surface area contributed by atoms with Gasteiger partial charge in [0.15, 0.2) is 0 Å². The average molecular weight is 431 g/mol. The number of likely N-dealkylation sites (tertiary alicyclic amines) is 1. The van der Waals surface area contributed by atoms with Gasteiger partial charge in [-0.3, -0.25) is 9.78 Å². The number of hydrogen-bond donors (Lipinski definition) is 1. The molecule has 0 amide bonds. The summed E-state index contributed by atoms with van der Waals surface area (Å²) in [7, 11) is 2.16. The van der Waals surface area contributed by atoms with Crippen LogP contribution in [-0.4, -0.2) is 56.8 Å². The first-order valence-electron chi connectivity index (χ1n) is 11.7. The van der Waals surface area contributed by atoms with Gasteiger partial charge in [-0.15, -0.1) is 0 Å². The molecule has 3 heterocycles. The SMILES string of the molecule is CN1CCC(Nc2cncc(-c3ccc4cnc(CC(=O)C5CCCC5)nc4c3)n2)CC1. The van der Waals surface area contributed by atoms with E-state index in [0.29, 0.717) is 18.3 Å². The van der Waals surface area contributed by atoms with Gasteiger partial charge in [-0.1, -0.05) is 25.0 Å². The van der Waals surface area contributed by atoms with Crippen LogP contribution in [0, 0.1) is 5.92 Å². The van der Waals surface area contributed by atoms with Gasteiger partial charge in [-0.25, -0.2) is 15.0 Å². The van der Waals surface area contributed by atoms with Gasteiger partial charge >= 0.3 is 0 Å². The van der Waals surface area contributed by atoms with Crippen molar-refractivity contribution in [2.75, 3.05) is 25.5 Å². The number of benzene rings is 1. The summed E-state index contributed by atoms with van der Waals surface area (Å²) in [5.41, 5.74) is 2.61. The molecule has 0 bridgehead atoms. The molecule has 2 fully saturated rings. The first-order valence-corrected chi connectivity index (χ1v) is 11.7. The molecular formula is C25H30N6O. The minimum atomic E-state index is 0.190. The molecule has 0 spiro atoms. The van der Waals surface area contributed by atoms with Crippen LogP contribution in [0.3, 0.4) is 0 Å². The summed E-state index contributed by atoms with van der Waals surface area (Å²) >= 11 is 0. The Balaban J connectivity index is 1.34. The fourth-order valence-corrected chi connectivity index (χ4v) is 4.79. The fraction of sp³-hybridized carbons (Fsp3) is 0.480. The lowest BCUT2D eigenvalue weighted by atomic mass is 10.00. The highest BCUT2D eigenvalue weighted by Gasteiger charge is 2.23. The molecule has 0 radical (unpaired) electrons. The molecule has 1 aliphatic heterocycles. The van der Waals surface area contributed by atoms with E-state index in [2.05, 4.69) is 27.2 Å². The zero-order valence-corrected chi connectivity index (χ0v) is 18.6. The standard InChI is InChI=1S/C25H30N6O/c1-31-10-8-20(9-11-31)28-25-16-26-15-22(30-25)18-6-7-19-14-27-24(29-21(19)12-18)13-23(32)17-4-2-3-5-17/h6-7,12,14-17,20H,2-5,8-11,13H2,1H3,(H,28,30). The Morgan fingerprint density at radius 1 is 1.06 bits per heavy atom. The maximum atomic E-state index is 12.6. The van der Waals surface area contributed by atoms with Gasteiger partial charge in [-0.2, -0.15) is 0 Å². The largest absolute Gasteiger partial charge is 0.366 e. The van der Waals surface area contributed by atoms with Gasteiger partial charge in [0.25, 0.3) is 0 Å². The second kappa shape index (κ2) is 9.28. The number of carbonyl (C=O) groups excluding carboxylic acids is 1. The minimum absolute atomic E-state index is 0.190. The molecule has 2 aliphatic rings. The van der Waals surface area contributed by atoms with Gasteiger partial charge in [0.1, 0.15) is 17.4 Å². The van der Waals surface area contributed by atoms with Crippen LogP contribution in [0.2, 0.25) is 0 Å². The van der Waals surface area contributed by atoms with Crippen LogP contribution in [0.1, 0.15) is 44.3 Å². The molecule has 7 heteroatoms.